The highest BCUT2D eigenvalue weighted by atomic mass is 19.3. The molecule has 0 saturated heterocycles. The van der Waals surface area contributed by atoms with Crippen molar-refractivity contribution >= 4 is 0 Å². The molecule has 0 amide bonds. The molecular formula is C36H44F6O. The Morgan fingerprint density at radius 1 is 0.721 bits per heavy atom. The molecule has 3 aliphatic carbocycles. The Bertz CT molecular complexity index is 1210. The third kappa shape index (κ3) is 7.81. The number of alkyl halides is 2. The number of unbranched alkanes of at least 4 members (excludes halogenated alkanes) is 1. The summed E-state index contributed by atoms with van der Waals surface area (Å²) in [5, 5.41) is 0. The summed E-state index contributed by atoms with van der Waals surface area (Å²) in [7, 11) is 0. The highest BCUT2D eigenvalue weighted by Crippen LogP contribution is 2.46. The third-order valence-corrected chi connectivity index (χ3v) is 10.5. The third-order valence-electron chi connectivity index (χ3n) is 10.5. The zero-order chi connectivity index (χ0) is 30.6. The molecule has 0 aromatic heterocycles. The van der Waals surface area contributed by atoms with E-state index in [4.69, 9.17) is 0 Å². The van der Waals surface area contributed by atoms with Crippen LogP contribution in [0, 0.1) is 46.9 Å². The second kappa shape index (κ2) is 14.1. The van der Waals surface area contributed by atoms with Gasteiger partial charge in [-0.1, -0.05) is 37.6 Å². The van der Waals surface area contributed by atoms with Gasteiger partial charge in [0.1, 0.15) is 11.6 Å². The van der Waals surface area contributed by atoms with Crippen molar-refractivity contribution in [1.29, 1.82) is 0 Å². The quantitative estimate of drug-likeness (QED) is 0.157. The lowest BCUT2D eigenvalue weighted by atomic mass is 9.68. The van der Waals surface area contributed by atoms with E-state index in [1.54, 1.807) is 6.07 Å². The summed E-state index contributed by atoms with van der Waals surface area (Å²) in [6.45, 7) is 2.22. The Balaban J connectivity index is 1.10. The summed E-state index contributed by atoms with van der Waals surface area (Å²) in [5.41, 5.74) is 1.60. The average molecular weight is 607 g/mol. The van der Waals surface area contributed by atoms with Crippen LogP contribution in [0.1, 0.15) is 120 Å². The molecule has 3 aliphatic rings. The van der Waals surface area contributed by atoms with Gasteiger partial charge in [-0.05, 0) is 130 Å². The molecule has 0 N–H and O–H groups in total. The molecule has 3 saturated carbocycles. The summed E-state index contributed by atoms with van der Waals surface area (Å²) in [4.78, 5) is 0. The van der Waals surface area contributed by atoms with Gasteiger partial charge in [0.15, 0.2) is 17.5 Å². The van der Waals surface area contributed by atoms with Crippen molar-refractivity contribution in [3.63, 3.8) is 0 Å². The van der Waals surface area contributed by atoms with E-state index in [1.165, 1.54) is 51.4 Å². The van der Waals surface area contributed by atoms with Crippen molar-refractivity contribution in [2.75, 3.05) is 0 Å². The van der Waals surface area contributed by atoms with Crippen molar-refractivity contribution in [1.82, 2.24) is 0 Å². The highest BCUT2D eigenvalue weighted by molar-refractivity contribution is 5.30. The molecule has 0 spiro atoms. The van der Waals surface area contributed by atoms with Crippen LogP contribution in [0.5, 0.6) is 5.75 Å². The molecule has 0 atom stereocenters. The van der Waals surface area contributed by atoms with Crippen molar-refractivity contribution < 1.29 is 31.1 Å². The van der Waals surface area contributed by atoms with Crippen LogP contribution in [-0.4, -0.2) is 6.11 Å². The Morgan fingerprint density at radius 2 is 1.30 bits per heavy atom. The summed E-state index contributed by atoms with van der Waals surface area (Å²) in [6, 6.07) is 6.36. The monoisotopic (exact) mass is 606 g/mol. The van der Waals surface area contributed by atoms with E-state index in [0.717, 1.165) is 36.2 Å². The smallest absolute Gasteiger partial charge is 0.400 e. The number of allylic oxidation sites excluding steroid dienone is 2. The molecule has 0 radical (unpaired) electrons. The van der Waals surface area contributed by atoms with Gasteiger partial charge in [-0.2, -0.15) is 8.78 Å². The molecule has 2 aromatic rings. The van der Waals surface area contributed by atoms with Crippen LogP contribution in [-0.2, 0) is 0 Å². The second-order valence-corrected chi connectivity index (χ2v) is 13.2. The topological polar surface area (TPSA) is 9.23 Å². The number of ether oxygens (including phenoxy) is 1. The van der Waals surface area contributed by atoms with Crippen LogP contribution < -0.4 is 4.74 Å². The molecule has 0 unspecified atom stereocenters. The van der Waals surface area contributed by atoms with E-state index in [0.29, 0.717) is 36.5 Å². The van der Waals surface area contributed by atoms with Gasteiger partial charge in [-0.3, -0.25) is 0 Å². The molecule has 0 bridgehead atoms. The number of hydrogen-bond acceptors (Lipinski definition) is 1. The van der Waals surface area contributed by atoms with Crippen LogP contribution in [0.3, 0.4) is 0 Å². The SMILES string of the molecule is CCC/C=C/C1CCC(C2CCC(c3ccc(C4CCC(C(F)(F)Oc5cc(F)c(F)c(F)c5)CC4)c(F)c3)CC2)CC1. The molecule has 3 fully saturated rings. The van der Waals surface area contributed by atoms with Crippen molar-refractivity contribution in [2.24, 2.45) is 23.7 Å². The number of halogens is 6. The van der Waals surface area contributed by atoms with E-state index in [1.807, 2.05) is 12.1 Å². The van der Waals surface area contributed by atoms with Crippen molar-refractivity contribution in [3.8, 4) is 5.75 Å². The van der Waals surface area contributed by atoms with Gasteiger partial charge in [0, 0.05) is 12.1 Å². The number of hydrogen-bond donors (Lipinski definition) is 0. The Kier molecular flexibility index (Phi) is 10.5. The first-order valence-electron chi connectivity index (χ1n) is 16.3. The lowest BCUT2D eigenvalue weighted by Crippen LogP contribution is -2.37. The predicted molar refractivity (Wildman–Crippen MR) is 157 cm³/mol. The van der Waals surface area contributed by atoms with Crippen LogP contribution in [0.4, 0.5) is 26.3 Å². The molecule has 0 heterocycles. The summed E-state index contributed by atoms with van der Waals surface area (Å²) < 4.78 is 89.7. The van der Waals surface area contributed by atoms with Crippen molar-refractivity contribution in [2.45, 2.75) is 115 Å². The van der Waals surface area contributed by atoms with E-state index in [9.17, 15) is 22.0 Å². The summed E-state index contributed by atoms with van der Waals surface area (Å²) in [6.07, 6.45) is 14.2. The van der Waals surface area contributed by atoms with Crippen LogP contribution in [0.25, 0.3) is 0 Å². The maximum absolute atomic E-state index is 15.4. The number of rotatable bonds is 9. The van der Waals surface area contributed by atoms with Gasteiger partial charge in [0.2, 0.25) is 0 Å². The van der Waals surface area contributed by atoms with Gasteiger partial charge in [0.25, 0.3) is 0 Å². The molecule has 5 rings (SSSR count). The molecule has 1 nitrogen and oxygen atoms in total. The standard InChI is InChI=1S/C36H44F6O/c1-2-3-4-5-23-6-8-24(9-7-23)25-10-12-26(13-11-25)28-16-19-31(32(37)20-28)27-14-17-29(18-15-27)36(41,42)43-30-21-33(38)35(40)34(39)22-30/h4-5,16,19-27,29H,2-3,6-15,17-18H2,1H3/b5-4+. The lowest BCUT2D eigenvalue weighted by Gasteiger charge is -2.37. The first-order chi connectivity index (χ1) is 20.6. The van der Waals surface area contributed by atoms with E-state index in [2.05, 4.69) is 23.8 Å². The Morgan fingerprint density at radius 3 is 1.88 bits per heavy atom. The first-order valence-corrected chi connectivity index (χ1v) is 16.3. The van der Waals surface area contributed by atoms with Gasteiger partial charge >= 0.3 is 6.11 Å². The molecule has 236 valence electrons. The van der Waals surface area contributed by atoms with Crippen LogP contribution in [0.15, 0.2) is 42.5 Å². The van der Waals surface area contributed by atoms with Crippen molar-refractivity contribution in [3.05, 3.63) is 76.9 Å². The Labute approximate surface area is 252 Å². The average Bonchev–Trinajstić information content (AvgIpc) is 3.00. The predicted octanol–water partition coefficient (Wildman–Crippen LogP) is 11.6. The van der Waals surface area contributed by atoms with Gasteiger partial charge in [-0.25, -0.2) is 17.6 Å². The zero-order valence-corrected chi connectivity index (χ0v) is 25.1. The maximum Gasteiger partial charge on any atom is 0.400 e. The molecule has 43 heavy (non-hydrogen) atoms. The summed E-state index contributed by atoms with van der Waals surface area (Å²) >= 11 is 0. The van der Waals surface area contributed by atoms with Gasteiger partial charge in [-0.15, -0.1) is 0 Å². The minimum atomic E-state index is -3.69. The van der Waals surface area contributed by atoms with E-state index in [-0.39, 0.29) is 24.6 Å². The summed E-state index contributed by atoms with van der Waals surface area (Å²) in [5.74, 6) is -4.60. The largest absolute Gasteiger partial charge is 0.432 e. The number of benzene rings is 2. The Hall–Kier alpha value is -2.44. The van der Waals surface area contributed by atoms with Crippen LogP contribution in [0.2, 0.25) is 0 Å². The zero-order valence-electron chi connectivity index (χ0n) is 25.1. The second-order valence-electron chi connectivity index (χ2n) is 13.2. The fourth-order valence-electron chi connectivity index (χ4n) is 7.89. The van der Waals surface area contributed by atoms with Gasteiger partial charge in [0.05, 0.1) is 5.92 Å². The van der Waals surface area contributed by atoms with Gasteiger partial charge < -0.3 is 4.74 Å². The minimum Gasteiger partial charge on any atom is -0.432 e. The minimum absolute atomic E-state index is 0.0754. The van der Waals surface area contributed by atoms with E-state index >= 15 is 4.39 Å². The molecule has 0 aliphatic heterocycles. The lowest BCUT2D eigenvalue weighted by molar-refractivity contribution is -0.222. The molecule has 2 aromatic carbocycles. The molecular weight excluding hydrogens is 562 g/mol. The normalized spacial score (nSPS) is 28.7. The van der Waals surface area contributed by atoms with E-state index < -0.39 is 35.2 Å². The highest BCUT2D eigenvalue weighted by Gasteiger charge is 2.44. The molecule has 7 heteroatoms. The first kappa shape index (κ1) is 32.0. The fraction of sp³-hybridized carbons (Fsp3) is 0.611. The maximum atomic E-state index is 15.4. The fourth-order valence-corrected chi connectivity index (χ4v) is 7.89. The van der Waals surface area contributed by atoms with Crippen LogP contribution >= 0.6 is 0 Å².